The lowest BCUT2D eigenvalue weighted by Gasteiger charge is -2.27. The summed E-state index contributed by atoms with van der Waals surface area (Å²) < 4.78 is 0. The molecule has 1 heterocycles. The van der Waals surface area contributed by atoms with Crippen molar-refractivity contribution in [3.63, 3.8) is 0 Å². The molecule has 1 unspecified atom stereocenters. The third-order valence-electron chi connectivity index (χ3n) is 5.93. The van der Waals surface area contributed by atoms with Crippen LogP contribution in [0.15, 0.2) is 53.5 Å². The Bertz CT molecular complexity index is 887. The number of likely N-dealkylation sites (tertiary alicyclic amines) is 1. The molecular weight excluding hydrogens is 398 g/mol. The van der Waals surface area contributed by atoms with Gasteiger partial charge in [0.25, 0.3) is 5.91 Å². The molecule has 3 N–H and O–H groups in total. The summed E-state index contributed by atoms with van der Waals surface area (Å²) in [5.74, 6) is 0.782. The lowest BCUT2D eigenvalue weighted by Crippen LogP contribution is -2.39. The second-order valence-corrected chi connectivity index (χ2v) is 8.35. The fraction of sp³-hybridized carbons (Fsp3) is 0.462. The van der Waals surface area contributed by atoms with Crippen LogP contribution in [0.1, 0.15) is 52.9 Å². The largest absolute Gasteiger partial charge is 0.357 e. The highest BCUT2D eigenvalue weighted by atomic mass is 16.1. The second-order valence-electron chi connectivity index (χ2n) is 8.35. The molecule has 0 bridgehead atoms. The summed E-state index contributed by atoms with van der Waals surface area (Å²) in [5, 5.41) is 9.51. The van der Waals surface area contributed by atoms with Gasteiger partial charge >= 0.3 is 0 Å². The lowest BCUT2D eigenvalue weighted by atomic mass is 10.0. The minimum atomic E-state index is -0.0567. The van der Waals surface area contributed by atoms with Crippen LogP contribution in [-0.4, -0.2) is 56.5 Å². The molecular formula is C26H37N5O. The summed E-state index contributed by atoms with van der Waals surface area (Å²) in [6.07, 6.45) is 3.35. The normalized spacial score (nSPS) is 15.4. The van der Waals surface area contributed by atoms with Crippen LogP contribution in [0.3, 0.4) is 0 Å². The number of guanidine groups is 1. The highest BCUT2D eigenvalue weighted by Gasteiger charge is 2.23. The molecule has 0 saturated carbocycles. The van der Waals surface area contributed by atoms with E-state index < -0.39 is 0 Å². The van der Waals surface area contributed by atoms with Crippen molar-refractivity contribution in [2.75, 3.05) is 39.8 Å². The van der Waals surface area contributed by atoms with Gasteiger partial charge in [0.15, 0.2) is 5.96 Å². The maximum atomic E-state index is 11.9. The minimum absolute atomic E-state index is 0.0567. The molecule has 1 fully saturated rings. The second kappa shape index (κ2) is 12.2. The SMILES string of the molecule is CCNC(=NCC(c1ccc(C)cc1)N1CCCC1)NCCc1cccc(C(=O)NC)c1. The standard InChI is InChI=1S/C26H37N5O/c1-4-28-26(29-15-14-21-8-7-9-23(18-21)25(32)27-3)30-19-24(31-16-5-6-17-31)22-12-10-20(2)11-13-22/h7-13,18,24H,4-6,14-17,19H2,1-3H3,(H,27,32)(H2,28,29,30). The van der Waals surface area contributed by atoms with E-state index in [0.29, 0.717) is 11.6 Å². The number of benzene rings is 2. The molecule has 2 aromatic rings. The van der Waals surface area contributed by atoms with Gasteiger partial charge in [0.05, 0.1) is 12.6 Å². The highest BCUT2D eigenvalue weighted by Crippen LogP contribution is 2.25. The topological polar surface area (TPSA) is 68.8 Å². The van der Waals surface area contributed by atoms with Crippen molar-refractivity contribution in [1.82, 2.24) is 20.9 Å². The summed E-state index contributed by atoms with van der Waals surface area (Å²) in [6, 6.07) is 17.0. The number of carbonyl (C=O) groups is 1. The summed E-state index contributed by atoms with van der Waals surface area (Å²) in [5.41, 5.74) is 4.44. The van der Waals surface area contributed by atoms with Gasteiger partial charge < -0.3 is 16.0 Å². The molecule has 0 spiro atoms. The highest BCUT2D eigenvalue weighted by molar-refractivity contribution is 5.94. The first-order chi connectivity index (χ1) is 15.6. The van der Waals surface area contributed by atoms with Crippen molar-refractivity contribution in [2.45, 2.75) is 39.2 Å². The Morgan fingerprint density at radius 3 is 2.53 bits per heavy atom. The van der Waals surface area contributed by atoms with Gasteiger partial charge in [-0.25, -0.2) is 0 Å². The fourth-order valence-corrected chi connectivity index (χ4v) is 4.13. The predicted molar refractivity (Wildman–Crippen MR) is 132 cm³/mol. The van der Waals surface area contributed by atoms with Crippen molar-refractivity contribution in [3.05, 3.63) is 70.8 Å². The number of amides is 1. The predicted octanol–water partition coefficient (Wildman–Crippen LogP) is 3.29. The molecule has 0 radical (unpaired) electrons. The van der Waals surface area contributed by atoms with Gasteiger partial charge in [-0.1, -0.05) is 42.0 Å². The van der Waals surface area contributed by atoms with Crippen molar-refractivity contribution in [2.24, 2.45) is 4.99 Å². The molecule has 1 saturated heterocycles. The van der Waals surface area contributed by atoms with Crippen LogP contribution in [0.2, 0.25) is 0 Å². The number of nitrogens with one attached hydrogen (secondary N) is 3. The Morgan fingerprint density at radius 2 is 1.84 bits per heavy atom. The third-order valence-corrected chi connectivity index (χ3v) is 5.93. The van der Waals surface area contributed by atoms with Gasteiger partial charge in [0, 0.05) is 25.7 Å². The molecule has 2 aromatic carbocycles. The Labute approximate surface area is 192 Å². The van der Waals surface area contributed by atoms with Crippen LogP contribution in [0.4, 0.5) is 0 Å². The average Bonchev–Trinajstić information content (AvgIpc) is 3.34. The maximum Gasteiger partial charge on any atom is 0.251 e. The molecule has 1 aliphatic rings. The van der Waals surface area contributed by atoms with Crippen LogP contribution >= 0.6 is 0 Å². The number of nitrogens with zero attached hydrogens (tertiary/aromatic N) is 2. The molecule has 3 rings (SSSR count). The Balaban J connectivity index is 1.63. The van der Waals surface area contributed by atoms with Crippen molar-refractivity contribution >= 4 is 11.9 Å². The summed E-state index contributed by atoms with van der Waals surface area (Å²) in [6.45, 7) is 8.79. The third kappa shape index (κ3) is 6.82. The maximum absolute atomic E-state index is 11.9. The summed E-state index contributed by atoms with van der Waals surface area (Å²) in [4.78, 5) is 19.4. The smallest absolute Gasteiger partial charge is 0.251 e. The van der Waals surface area contributed by atoms with Gasteiger partial charge in [0.1, 0.15) is 0 Å². The number of carbonyl (C=O) groups excluding carboxylic acids is 1. The molecule has 172 valence electrons. The van der Waals surface area contributed by atoms with Gasteiger partial charge in [-0.15, -0.1) is 0 Å². The molecule has 1 atom stereocenters. The first-order valence-corrected chi connectivity index (χ1v) is 11.7. The Hall–Kier alpha value is -2.86. The molecule has 6 nitrogen and oxygen atoms in total. The molecule has 1 aliphatic heterocycles. The summed E-state index contributed by atoms with van der Waals surface area (Å²) in [7, 11) is 1.65. The average molecular weight is 436 g/mol. The van der Waals surface area contributed by atoms with Crippen LogP contribution in [0, 0.1) is 6.92 Å². The lowest BCUT2D eigenvalue weighted by molar-refractivity contribution is 0.0963. The first-order valence-electron chi connectivity index (χ1n) is 11.7. The number of rotatable bonds is 9. The number of aryl methyl sites for hydroxylation is 1. The first kappa shape index (κ1) is 23.8. The van der Waals surface area contributed by atoms with Crippen LogP contribution in [0.25, 0.3) is 0 Å². The quantitative estimate of drug-likeness (QED) is 0.418. The van der Waals surface area contributed by atoms with Crippen molar-refractivity contribution in [3.8, 4) is 0 Å². The fourth-order valence-electron chi connectivity index (χ4n) is 4.13. The number of aliphatic imine (C=N–C) groups is 1. The summed E-state index contributed by atoms with van der Waals surface area (Å²) >= 11 is 0. The molecule has 0 aliphatic carbocycles. The van der Waals surface area contributed by atoms with E-state index in [0.717, 1.165) is 50.7 Å². The zero-order valence-corrected chi connectivity index (χ0v) is 19.7. The van der Waals surface area contributed by atoms with Gasteiger partial charge in [0.2, 0.25) is 0 Å². The van der Waals surface area contributed by atoms with E-state index in [1.54, 1.807) is 7.05 Å². The zero-order chi connectivity index (χ0) is 22.8. The van der Waals surface area contributed by atoms with Gasteiger partial charge in [-0.05, 0) is 69.5 Å². The Morgan fingerprint density at radius 1 is 1.09 bits per heavy atom. The van der Waals surface area contributed by atoms with Crippen LogP contribution in [0.5, 0.6) is 0 Å². The Kier molecular flexibility index (Phi) is 9.11. The zero-order valence-electron chi connectivity index (χ0n) is 19.7. The van der Waals surface area contributed by atoms with E-state index in [-0.39, 0.29) is 5.91 Å². The molecule has 32 heavy (non-hydrogen) atoms. The molecule has 1 amide bonds. The van der Waals surface area contributed by atoms with E-state index in [2.05, 4.69) is 65.0 Å². The number of hydrogen-bond acceptors (Lipinski definition) is 3. The molecule has 6 heteroatoms. The minimum Gasteiger partial charge on any atom is -0.357 e. The van der Waals surface area contributed by atoms with Crippen LogP contribution < -0.4 is 16.0 Å². The monoisotopic (exact) mass is 435 g/mol. The van der Waals surface area contributed by atoms with Crippen LogP contribution in [-0.2, 0) is 6.42 Å². The van der Waals surface area contributed by atoms with E-state index >= 15 is 0 Å². The van der Waals surface area contributed by atoms with E-state index in [4.69, 9.17) is 4.99 Å². The van der Waals surface area contributed by atoms with Crippen molar-refractivity contribution < 1.29 is 4.79 Å². The van der Waals surface area contributed by atoms with E-state index in [1.165, 1.54) is 24.0 Å². The van der Waals surface area contributed by atoms with Gasteiger partial charge in [-0.2, -0.15) is 0 Å². The molecule has 0 aromatic heterocycles. The number of hydrogen-bond donors (Lipinski definition) is 3. The van der Waals surface area contributed by atoms with E-state index in [9.17, 15) is 4.79 Å². The van der Waals surface area contributed by atoms with Crippen molar-refractivity contribution in [1.29, 1.82) is 0 Å². The van der Waals surface area contributed by atoms with E-state index in [1.807, 2.05) is 18.2 Å². The van der Waals surface area contributed by atoms with Gasteiger partial charge in [-0.3, -0.25) is 14.7 Å².